The number of aromatic hydroxyl groups is 1. The Hall–Kier alpha value is -0.930. The van der Waals surface area contributed by atoms with Gasteiger partial charge in [-0.05, 0) is 18.4 Å². The van der Waals surface area contributed by atoms with Crippen LogP contribution in [0.15, 0.2) is 18.2 Å². The van der Waals surface area contributed by atoms with Gasteiger partial charge < -0.3 is 15.6 Å². The predicted octanol–water partition coefficient (Wildman–Crippen LogP) is 2.87. The van der Waals surface area contributed by atoms with Gasteiger partial charge in [0.25, 0.3) is 0 Å². The van der Waals surface area contributed by atoms with Crippen LogP contribution in [0, 0.1) is 5.92 Å². The van der Waals surface area contributed by atoms with Crippen LogP contribution in [0.5, 0.6) is 11.5 Å². The lowest BCUT2D eigenvalue weighted by molar-refractivity contribution is 0.366. The summed E-state index contributed by atoms with van der Waals surface area (Å²) >= 11 is 0. The van der Waals surface area contributed by atoms with Crippen LogP contribution < -0.4 is 10.5 Å². The van der Waals surface area contributed by atoms with E-state index in [-0.39, 0.29) is 24.2 Å². The van der Waals surface area contributed by atoms with Crippen molar-refractivity contribution in [1.82, 2.24) is 0 Å². The van der Waals surface area contributed by atoms with Crippen molar-refractivity contribution in [1.29, 1.82) is 0 Å². The van der Waals surface area contributed by atoms with Crippen LogP contribution in [-0.2, 0) is 0 Å². The van der Waals surface area contributed by atoms with E-state index in [9.17, 15) is 5.11 Å². The van der Waals surface area contributed by atoms with E-state index < -0.39 is 0 Å². The fourth-order valence-corrected chi connectivity index (χ4v) is 1.64. The van der Waals surface area contributed by atoms with Gasteiger partial charge in [0.1, 0.15) is 0 Å². The van der Waals surface area contributed by atoms with Crippen molar-refractivity contribution in [2.24, 2.45) is 11.7 Å². The van der Waals surface area contributed by atoms with Crippen molar-refractivity contribution < 1.29 is 9.84 Å². The van der Waals surface area contributed by atoms with Crippen LogP contribution in [0.2, 0.25) is 0 Å². The van der Waals surface area contributed by atoms with Crippen LogP contribution in [0.1, 0.15) is 31.9 Å². The van der Waals surface area contributed by atoms with E-state index in [0.717, 1.165) is 12.0 Å². The molecule has 0 aliphatic carbocycles. The third-order valence-electron chi connectivity index (χ3n) is 2.37. The standard InChI is InChI=1S/C12H19NO2.ClH/c1-8(2)7-10(13)9-5-4-6-11(15-3)12(9)14;/h4-6,8,10,14H,7,13H2,1-3H3;1H/t10-;/m1./s1. The monoisotopic (exact) mass is 245 g/mol. The van der Waals surface area contributed by atoms with Gasteiger partial charge in [0.15, 0.2) is 11.5 Å². The van der Waals surface area contributed by atoms with Gasteiger partial charge in [-0.25, -0.2) is 0 Å². The van der Waals surface area contributed by atoms with Gasteiger partial charge in [0.2, 0.25) is 0 Å². The maximum atomic E-state index is 9.87. The first kappa shape index (κ1) is 15.1. The summed E-state index contributed by atoms with van der Waals surface area (Å²) < 4.78 is 5.04. The number of phenolic OH excluding ortho intramolecular Hbond substituents is 1. The van der Waals surface area contributed by atoms with E-state index in [1.807, 2.05) is 12.1 Å². The number of methoxy groups -OCH3 is 1. The molecule has 0 amide bonds. The quantitative estimate of drug-likeness (QED) is 0.858. The zero-order valence-electron chi connectivity index (χ0n) is 9.93. The number of hydrogen-bond acceptors (Lipinski definition) is 3. The third-order valence-corrected chi connectivity index (χ3v) is 2.37. The summed E-state index contributed by atoms with van der Waals surface area (Å²) in [7, 11) is 1.53. The number of benzene rings is 1. The van der Waals surface area contributed by atoms with E-state index in [0.29, 0.717) is 11.7 Å². The largest absolute Gasteiger partial charge is 0.504 e. The summed E-state index contributed by atoms with van der Waals surface area (Å²) in [6, 6.07) is 5.26. The Kier molecular flexibility index (Phi) is 6.22. The molecule has 0 heterocycles. The molecule has 3 nitrogen and oxygen atoms in total. The van der Waals surface area contributed by atoms with E-state index in [1.54, 1.807) is 6.07 Å². The van der Waals surface area contributed by atoms with E-state index >= 15 is 0 Å². The maximum absolute atomic E-state index is 9.87. The highest BCUT2D eigenvalue weighted by Gasteiger charge is 2.15. The smallest absolute Gasteiger partial charge is 0.162 e. The fourth-order valence-electron chi connectivity index (χ4n) is 1.64. The van der Waals surface area contributed by atoms with Crippen LogP contribution >= 0.6 is 12.4 Å². The summed E-state index contributed by atoms with van der Waals surface area (Å²) in [5.41, 5.74) is 6.76. The van der Waals surface area contributed by atoms with Gasteiger partial charge in [0.05, 0.1) is 7.11 Å². The third kappa shape index (κ3) is 3.58. The Morgan fingerprint density at radius 2 is 2.00 bits per heavy atom. The summed E-state index contributed by atoms with van der Waals surface area (Å²) in [6.45, 7) is 4.22. The second-order valence-corrected chi connectivity index (χ2v) is 4.13. The van der Waals surface area contributed by atoms with Crippen molar-refractivity contribution in [2.45, 2.75) is 26.3 Å². The first-order valence-electron chi connectivity index (χ1n) is 5.17. The number of halogens is 1. The minimum absolute atomic E-state index is 0. The van der Waals surface area contributed by atoms with Gasteiger partial charge in [-0.15, -0.1) is 12.4 Å². The van der Waals surface area contributed by atoms with Crippen molar-refractivity contribution in [2.75, 3.05) is 7.11 Å². The molecule has 92 valence electrons. The van der Waals surface area contributed by atoms with Crippen molar-refractivity contribution >= 4 is 12.4 Å². The second-order valence-electron chi connectivity index (χ2n) is 4.13. The highest BCUT2D eigenvalue weighted by Crippen LogP contribution is 2.34. The number of phenols is 1. The molecule has 1 rings (SSSR count). The summed E-state index contributed by atoms with van der Waals surface area (Å²) in [4.78, 5) is 0. The molecular weight excluding hydrogens is 226 g/mol. The molecule has 3 N–H and O–H groups in total. The molecule has 0 bridgehead atoms. The molecule has 0 aromatic heterocycles. The number of nitrogens with two attached hydrogens (primary N) is 1. The Balaban J connectivity index is 0.00000225. The number of rotatable bonds is 4. The van der Waals surface area contributed by atoms with Crippen molar-refractivity contribution in [3.05, 3.63) is 23.8 Å². The van der Waals surface area contributed by atoms with Gasteiger partial charge in [0, 0.05) is 11.6 Å². The Labute approximate surface area is 103 Å². The molecule has 0 saturated heterocycles. The molecular formula is C12H20ClNO2. The summed E-state index contributed by atoms with van der Waals surface area (Å²) in [5.74, 6) is 1.14. The van der Waals surface area contributed by atoms with Gasteiger partial charge in [-0.3, -0.25) is 0 Å². The van der Waals surface area contributed by atoms with Crippen LogP contribution in [0.25, 0.3) is 0 Å². The van der Waals surface area contributed by atoms with E-state index in [2.05, 4.69) is 13.8 Å². The lowest BCUT2D eigenvalue weighted by Gasteiger charge is -2.17. The Morgan fingerprint density at radius 1 is 1.38 bits per heavy atom. The SMILES string of the molecule is COc1cccc([C@H](N)CC(C)C)c1O.Cl. The molecule has 0 aliphatic heterocycles. The molecule has 0 unspecified atom stereocenters. The Bertz CT molecular complexity index is 329. The zero-order valence-corrected chi connectivity index (χ0v) is 10.8. The second kappa shape index (κ2) is 6.61. The number of hydrogen-bond donors (Lipinski definition) is 2. The lowest BCUT2D eigenvalue weighted by Crippen LogP contribution is -2.13. The Morgan fingerprint density at radius 3 is 2.50 bits per heavy atom. The number of ether oxygens (including phenoxy) is 1. The average Bonchev–Trinajstić information content (AvgIpc) is 2.17. The fraction of sp³-hybridized carbons (Fsp3) is 0.500. The molecule has 0 fully saturated rings. The van der Waals surface area contributed by atoms with Crippen LogP contribution in [-0.4, -0.2) is 12.2 Å². The highest BCUT2D eigenvalue weighted by molar-refractivity contribution is 5.85. The van der Waals surface area contributed by atoms with Crippen molar-refractivity contribution in [3.8, 4) is 11.5 Å². The van der Waals surface area contributed by atoms with Gasteiger partial charge >= 0.3 is 0 Å². The molecule has 16 heavy (non-hydrogen) atoms. The topological polar surface area (TPSA) is 55.5 Å². The molecule has 1 atom stereocenters. The molecule has 1 aromatic carbocycles. The normalized spacial score (nSPS) is 12.1. The van der Waals surface area contributed by atoms with Crippen LogP contribution in [0.4, 0.5) is 0 Å². The van der Waals surface area contributed by atoms with Crippen LogP contribution in [0.3, 0.4) is 0 Å². The molecule has 0 spiro atoms. The molecule has 0 aliphatic rings. The molecule has 0 radical (unpaired) electrons. The first-order chi connectivity index (χ1) is 7.06. The zero-order chi connectivity index (χ0) is 11.4. The molecule has 0 saturated carbocycles. The number of para-hydroxylation sites is 1. The van der Waals surface area contributed by atoms with E-state index in [1.165, 1.54) is 7.11 Å². The average molecular weight is 246 g/mol. The summed E-state index contributed by atoms with van der Waals surface area (Å²) in [6.07, 6.45) is 0.848. The van der Waals surface area contributed by atoms with Gasteiger partial charge in [-0.1, -0.05) is 26.0 Å². The summed E-state index contributed by atoms with van der Waals surface area (Å²) in [5, 5.41) is 9.87. The first-order valence-corrected chi connectivity index (χ1v) is 5.17. The highest BCUT2D eigenvalue weighted by atomic mass is 35.5. The minimum atomic E-state index is -0.139. The lowest BCUT2D eigenvalue weighted by atomic mass is 9.97. The molecule has 4 heteroatoms. The predicted molar refractivity (Wildman–Crippen MR) is 68.3 cm³/mol. The van der Waals surface area contributed by atoms with Gasteiger partial charge in [-0.2, -0.15) is 0 Å². The minimum Gasteiger partial charge on any atom is -0.504 e. The van der Waals surface area contributed by atoms with Crippen molar-refractivity contribution in [3.63, 3.8) is 0 Å². The van der Waals surface area contributed by atoms with E-state index in [4.69, 9.17) is 10.5 Å². The molecule has 1 aromatic rings. The maximum Gasteiger partial charge on any atom is 0.162 e.